The van der Waals surface area contributed by atoms with E-state index in [1.165, 1.54) is 11.3 Å². The molecule has 3 rings (SSSR count). The van der Waals surface area contributed by atoms with E-state index in [9.17, 15) is 9.59 Å². The fraction of sp³-hybridized carbons (Fsp3) is 0.308. The van der Waals surface area contributed by atoms with Gasteiger partial charge >= 0.3 is 6.03 Å². The van der Waals surface area contributed by atoms with E-state index in [1.807, 2.05) is 0 Å². The lowest BCUT2D eigenvalue weighted by Gasteiger charge is -2.19. The molecular weight excluding hydrogens is 314 g/mol. The number of rotatable bonds is 3. The Balaban J connectivity index is 1.88. The Morgan fingerprint density at radius 3 is 2.81 bits per heavy atom. The lowest BCUT2D eigenvalue weighted by molar-refractivity contribution is -0.131. The van der Waals surface area contributed by atoms with Crippen molar-refractivity contribution in [3.8, 4) is 0 Å². The Hall–Kier alpha value is -1.86. The van der Waals surface area contributed by atoms with Gasteiger partial charge in [0.05, 0.1) is 10.9 Å². The number of imide groups is 1. The lowest BCUT2D eigenvalue weighted by Crippen LogP contribution is -2.40. The standard InChI is InChI=1S/C13H12ClN3O3S/c1-7-5-8(16-20-7)6-17-11(18)13(2,15-12(17)19)9-3-4-10(14)21-9/h3-5H,6H2,1-2H3,(H,15,19)/t13-/m1/s1. The molecule has 3 amide bonds. The van der Waals surface area contributed by atoms with Crippen LogP contribution in [0.2, 0.25) is 4.34 Å². The van der Waals surface area contributed by atoms with Crippen molar-refractivity contribution in [2.75, 3.05) is 0 Å². The number of aromatic nitrogens is 1. The van der Waals surface area contributed by atoms with Crippen LogP contribution in [-0.4, -0.2) is 22.0 Å². The van der Waals surface area contributed by atoms with Gasteiger partial charge in [0.1, 0.15) is 11.5 Å². The van der Waals surface area contributed by atoms with Crippen LogP contribution < -0.4 is 5.32 Å². The molecule has 1 atom stereocenters. The molecule has 1 aliphatic rings. The molecule has 3 heterocycles. The maximum Gasteiger partial charge on any atom is 0.325 e. The number of nitrogens with zero attached hydrogens (tertiary/aromatic N) is 2. The molecule has 0 aliphatic carbocycles. The number of thiophene rings is 1. The first kappa shape index (κ1) is 14.1. The van der Waals surface area contributed by atoms with Gasteiger partial charge in [0.2, 0.25) is 0 Å². The summed E-state index contributed by atoms with van der Waals surface area (Å²) >= 11 is 7.18. The Kier molecular flexibility index (Phi) is 3.26. The molecule has 0 aromatic carbocycles. The summed E-state index contributed by atoms with van der Waals surface area (Å²) in [5, 5.41) is 6.52. The third-order valence-corrected chi connectivity index (χ3v) is 4.79. The molecule has 8 heteroatoms. The molecule has 6 nitrogen and oxygen atoms in total. The Labute approximate surface area is 129 Å². The number of carbonyl (C=O) groups is 2. The predicted octanol–water partition coefficient (Wildman–Crippen LogP) is 2.67. The van der Waals surface area contributed by atoms with E-state index >= 15 is 0 Å². The third kappa shape index (κ3) is 2.32. The number of aryl methyl sites for hydroxylation is 1. The second kappa shape index (κ2) is 4.85. The number of carbonyl (C=O) groups excluding carboxylic acids is 2. The highest BCUT2D eigenvalue weighted by Crippen LogP contribution is 2.35. The highest BCUT2D eigenvalue weighted by atomic mass is 35.5. The van der Waals surface area contributed by atoms with E-state index in [4.69, 9.17) is 16.1 Å². The van der Waals surface area contributed by atoms with E-state index in [-0.39, 0.29) is 12.5 Å². The SMILES string of the molecule is Cc1cc(CN2C(=O)N[C@](C)(c3ccc(Cl)s3)C2=O)no1. The molecule has 0 radical (unpaired) electrons. The van der Waals surface area contributed by atoms with E-state index in [1.54, 1.807) is 32.0 Å². The molecule has 0 unspecified atom stereocenters. The second-order valence-corrected chi connectivity index (χ2v) is 6.69. The van der Waals surface area contributed by atoms with Crippen molar-refractivity contribution in [2.45, 2.75) is 25.9 Å². The van der Waals surface area contributed by atoms with Crippen LogP contribution >= 0.6 is 22.9 Å². The monoisotopic (exact) mass is 325 g/mol. The number of nitrogens with one attached hydrogen (secondary N) is 1. The highest BCUT2D eigenvalue weighted by molar-refractivity contribution is 7.16. The fourth-order valence-corrected chi connectivity index (χ4v) is 3.38. The molecular formula is C13H12ClN3O3S. The fourth-order valence-electron chi connectivity index (χ4n) is 2.25. The van der Waals surface area contributed by atoms with Crippen molar-refractivity contribution in [3.63, 3.8) is 0 Å². The highest BCUT2D eigenvalue weighted by Gasteiger charge is 2.50. The number of hydrogen-bond acceptors (Lipinski definition) is 5. The number of hydrogen-bond donors (Lipinski definition) is 1. The van der Waals surface area contributed by atoms with Crippen molar-refractivity contribution in [3.05, 3.63) is 38.9 Å². The van der Waals surface area contributed by atoms with Crippen LogP contribution in [0.1, 0.15) is 23.3 Å². The van der Waals surface area contributed by atoms with Crippen molar-refractivity contribution in [2.24, 2.45) is 0 Å². The Morgan fingerprint density at radius 2 is 2.24 bits per heavy atom. The van der Waals surface area contributed by atoms with Gasteiger partial charge in [-0.25, -0.2) is 4.79 Å². The summed E-state index contributed by atoms with van der Waals surface area (Å²) in [5.41, 5.74) is -0.558. The van der Waals surface area contributed by atoms with Crippen LogP contribution in [0.3, 0.4) is 0 Å². The van der Waals surface area contributed by atoms with Gasteiger partial charge < -0.3 is 9.84 Å². The first-order valence-corrected chi connectivity index (χ1v) is 7.42. The zero-order valence-corrected chi connectivity index (χ0v) is 12.9. The maximum atomic E-state index is 12.6. The summed E-state index contributed by atoms with van der Waals surface area (Å²) in [6.07, 6.45) is 0. The van der Waals surface area contributed by atoms with E-state index < -0.39 is 11.6 Å². The minimum atomic E-state index is -1.09. The molecule has 0 bridgehead atoms. The molecule has 1 aliphatic heterocycles. The van der Waals surface area contributed by atoms with Crippen LogP contribution in [0.15, 0.2) is 22.7 Å². The van der Waals surface area contributed by atoms with Gasteiger partial charge in [-0.05, 0) is 26.0 Å². The topological polar surface area (TPSA) is 75.4 Å². The predicted molar refractivity (Wildman–Crippen MR) is 77.0 cm³/mol. The second-order valence-electron chi connectivity index (χ2n) is 4.98. The molecule has 1 fully saturated rings. The molecule has 21 heavy (non-hydrogen) atoms. The molecule has 0 saturated carbocycles. The zero-order valence-electron chi connectivity index (χ0n) is 11.3. The minimum Gasteiger partial charge on any atom is -0.361 e. The van der Waals surface area contributed by atoms with Crippen molar-refractivity contribution >= 4 is 34.9 Å². The summed E-state index contributed by atoms with van der Waals surface area (Å²) in [5.74, 6) is 0.302. The van der Waals surface area contributed by atoms with Gasteiger partial charge in [-0.15, -0.1) is 11.3 Å². The summed E-state index contributed by atoms with van der Waals surface area (Å²) in [6, 6.07) is 4.69. The van der Waals surface area contributed by atoms with Crippen LogP contribution in [-0.2, 0) is 16.9 Å². The van der Waals surface area contributed by atoms with Gasteiger partial charge in [-0.3, -0.25) is 9.69 Å². The molecule has 2 aromatic rings. The largest absolute Gasteiger partial charge is 0.361 e. The van der Waals surface area contributed by atoms with Gasteiger partial charge in [0.25, 0.3) is 5.91 Å². The lowest BCUT2D eigenvalue weighted by atomic mass is 10.0. The van der Waals surface area contributed by atoms with Gasteiger partial charge in [-0.1, -0.05) is 16.8 Å². The van der Waals surface area contributed by atoms with Crippen molar-refractivity contribution in [1.29, 1.82) is 0 Å². The van der Waals surface area contributed by atoms with Crippen molar-refractivity contribution < 1.29 is 14.1 Å². The van der Waals surface area contributed by atoms with Crippen molar-refractivity contribution in [1.82, 2.24) is 15.4 Å². The first-order chi connectivity index (χ1) is 9.90. The van der Waals surface area contributed by atoms with E-state index in [0.29, 0.717) is 20.7 Å². The summed E-state index contributed by atoms with van der Waals surface area (Å²) in [7, 11) is 0. The molecule has 1 N–H and O–H groups in total. The average Bonchev–Trinajstić information content (AvgIpc) is 3.08. The molecule has 2 aromatic heterocycles. The van der Waals surface area contributed by atoms with Gasteiger partial charge in [-0.2, -0.15) is 0 Å². The maximum absolute atomic E-state index is 12.6. The number of urea groups is 1. The van der Waals surface area contributed by atoms with Crippen LogP contribution in [0.4, 0.5) is 4.79 Å². The first-order valence-electron chi connectivity index (χ1n) is 6.22. The van der Waals surface area contributed by atoms with E-state index in [0.717, 1.165) is 4.90 Å². The van der Waals surface area contributed by atoms with Crippen LogP contribution in [0, 0.1) is 6.92 Å². The van der Waals surface area contributed by atoms with Crippen LogP contribution in [0.25, 0.3) is 0 Å². The summed E-state index contributed by atoms with van der Waals surface area (Å²) < 4.78 is 5.52. The Morgan fingerprint density at radius 1 is 1.48 bits per heavy atom. The normalized spacial score (nSPS) is 22.0. The molecule has 110 valence electrons. The summed E-state index contributed by atoms with van der Waals surface area (Å²) in [4.78, 5) is 26.5. The number of halogens is 1. The van der Waals surface area contributed by atoms with Crippen LogP contribution in [0.5, 0.6) is 0 Å². The van der Waals surface area contributed by atoms with Gasteiger partial charge in [0.15, 0.2) is 5.54 Å². The molecule has 0 spiro atoms. The minimum absolute atomic E-state index is 0.0801. The smallest absolute Gasteiger partial charge is 0.325 e. The third-order valence-electron chi connectivity index (χ3n) is 3.34. The summed E-state index contributed by atoms with van der Waals surface area (Å²) in [6.45, 7) is 3.50. The molecule has 1 saturated heterocycles. The Bertz CT molecular complexity index is 726. The zero-order chi connectivity index (χ0) is 15.2. The van der Waals surface area contributed by atoms with E-state index in [2.05, 4.69) is 10.5 Å². The van der Waals surface area contributed by atoms with Gasteiger partial charge in [0, 0.05) is 10.9 Å². The quantitative estimate of drug-likeness (QED) is 0.880. The number of amides is 3. The average molecular weight is 326 g/mol.